The molecule has 0 radical (unpaired) electrons. The van der Waals surface area contributed by atoms with Crippen LogP contribution in [-0.2, 0) is 6.42 Å². The number of rotatable bonds is 6. The van der Waals surface area contributed by atoms with Crippen LogP contribution in [0.15, 0.2) is 24.3 Å². The van der Waals surface area contributed by atoms with E-state index in [0.29, 0.717) is 5.92 Å². The number of aryl methyl sites for hydroxylation is 1. The Morgan fingerprint density at radius 1 is 1.25 bits per heavy atom. The van der Waals surface area contributed by atoms with Crippen LogP contribution in [0.4, 0.5) is 0 Å². The van der Waals surface area contributed by atoms with E-state index in [2.05, 4.69) is 39.0 Å². The predicted octanol–water partition coefficient (Wildman–Crippen LogP) is 4.11. The van der Waals surface area contributed by atoms with Gasteiger partial charge in [0.05, 0.1) is 6.10 Å². The lowest BCUT2D eigenvalue weighted by Gasteiger charge is -2.16. The average molecular weight is 220 g/mol. The minimum Gasteiger partial charge on any atom is -0.388 e. The number of hydrogen-bond acceptors (Lipinski definition) is 1. The first kappa shape index (κ1) is 13.2. The second kappa shape index (κ2) is 6.70. The van der Waals surface area contributed by atoms with E-state index >= 15 is 0 Å². The Morgan fingerprint density at radius 3 is 2.62 bits per heavy atom. The molecule has 2 atom stereocenters. The lowest BCUT2D eigenvalue weighted by atomic mass is 9.95. The van der Waals surface area contributed by atoms with Crippen LogP contribution in [0.5, 0.6) is 0 Å². The monoisotopic (exact) mass is 220 g/mol. The van der Waals surface area contributed by atoms with E-state index in [1.807, 2.05) is 6.07 Å². The fourth-order valence-corrected chi connectivity index (χ4v) is 1.93. The van der Waals surface area contributed by atoms with Gasteiger partial charge in [-0.3, -0.25) is 0 Å². The van der Waals surface area contributed by atoms with Gasteiger partial charge in [0.25, 0.3) is 0 Å². The summed E-state index contributed by atoms with van der Waals surface area (Å²) in [5, 5.41) is 10.1. The van der Waals surface area contributed by atoms with Crippen molar-refractivity contribution in [2.45, 2.75) is 52.6 Å². The summed E-state index contributed by atoms with van der Waals surface area (Å²) in [4.78, 5) is 0. The van der Waals surface area contributed by atoms with Gasteiger partial charge in [0, 0.05) is 0 Å². The summed E-state index contributed by atoms with van der Waals surface area (Å²) >= 11 is 0. The van der Waals surface area contributed by atoms with E-state index in [-0.39, 0.29) is 6.10 Å². The van der Waals surface area contributed by atoms with Crippen LogP contribution in [0.1, 0.15) is 57.3 Å². The molecule has 0 bridgehead atoms. The molecule has 1 aromatic carbocycles. The van der Waals surface area contributed by atoms with Crippen molar-refractivity contribution in [3.63, 3.8) is 0 Å². The van der Waals surface area contributed by atoms with Gasteiger partial charge < -0.3 is 5.11 Å². The van der Waals surface area contributed by atoms with Crippen LogP contribution >= 0.6 is 0 Å². The van der Waals surface area contributed by atoms with Crippen LogP contribution in [0.2, 0.25) is 0 Å². The van der Waals surface area contributed by atoms with Crippen molar-refractivity contribution in [2.75, 3.05) is 0 Å². The Labute approximate surface area is 99.5 Å². The predicted molar refractivity (Wildman–Crippen MR) is 69.5 cm³/mol. The van der Waals surface area contributed by atoms with Crippen molar-refractivity contribution in [3.8, 4) is 0 Å². The molecule has 1 aromatic rings. The van der Waals surface area contributed by atoms with Crippen LogP contribution in [0.25, 0.3) is 0 Å². The standard InChI is InChI=1S/C15H24O/c1-4-7-13-8-6-9-14(11-13)15(16)10-12(3)5-2/h6,8-9,11-12,15-16H,4-5,7,10H2,1-3H3. The maximum absolute atomic E-state index is 10.1. The van der Waals surface area contributed by atoms with Crippen molar-refractivity contribution in [3.05, 3.63) is 35.4 Å². The Hall–Kier alpha value is -0.820. The molecule has 1 rings (SSSR count). The molecule has 1 N–H and O–H groups in total. The number of aliphatic hydroxyl groups is 1. The molecule has 1 nitrogen and oxygen atoms in total. The SMILES string of the molecule is CCCc1cccc(C(O)CC(C)CC)c1. The first-order chi connectivity index (χ1) is 7.67. The van der Waals surface area contributed by atoms with Crippen molar-refractivity contribution >= 4 is 0 Å². The minimum absolute atomic E-state index is 0.299. The van der Waals surface area contributed by atoms with Gasteiger partial charge >= 0.3 is 0 Å². The smallest absolute Gasteiger partial charge is 0.0792 e. The molecular formula is C15H24O. The largest absolute Gasteiger partial charge is 0.388 e. The van der Waals surface area contributed by atoms with Gasteiger partial charge in [0.15, 0.2) is 0 Å². The molecule has 0 aliphatic carbocycles. The molecule has 0 saturated heterocycles. The van der Waals surface area contributed by atoms with Crippen LogP contribution in [0, 0.1) is 5.92 Å². The highest BCUT2D eigenvalue weighted by Crippen LogP contribution is 2.23. The molecule has 0 fully saturated rings. The number of aliphatic hydroxyl groups excluding tert-OH is 1. The lowest BCUT2D eigenvalue weighted by molar-refractivity contribution is 0.146. The van der Waals surface area contributed by atoms with Gasteiger partial charge in [-0.1, -0.05) is 57.9 Å². The third-order valence-electron chi connectivity index (χ3n) is 3.20. The van der Waals surface area contributed by atoms with Crippen LogP contribution in [0.3, 0.4) is 0 Å². The molecule has 0 aliphatic rings. The van der Waals surface area contributed by atoms with Crippen LogP contribution in [-0.4, -0.2) is 5.11 Å². The average Bonchev–Trinajstić information content (AvgIpc) is 2.29. The van der Waals surface area contributed by atoms with Crippen molar-refractivity contribution in [2.24, 2.45) is 5.92 Å². The lowest BCUT2D eigenvalue weighted by Crippen LogP contribution is -2.04. The minimum atomic E-state index is -0.299. The quantitative estimate of drug-likeness (QED) is 0.765. The van der Waals surface area contributed by atoms with E-state index in [0.717, 1.165) is 31.2 Å². The molecular weight excluding hydrogens is 196 g/mol. The highest BCUT2D eigenvalue weighted by Gasteiger charge is 2.11. The fourth-order valence-electron chi connectivity index (χ4n) is 1.93. The summed E-state index contributed by atoms with van der Waals surface area (Å²) in [6.07, 6.45) is 3.96. The molecule has 0 spiro atoms. The highest BCUT2D eigenvalue weighted by molar-refractivity contribution is 5.25. The van der Waals surface area contributed by atoms with Gasteiger partial charge in [-0.2, -0.15) is 0 Å². The summed E-state index contributed by atoms with van der Waals surface area (Å²) in [5.41, 5.74) is 2.41. The van der Waals surface area contributed by atoms with Crippen molar-refractivity contribution in [1.82, 2.24) is 0 Å². The van der Waals surface area contributed by atoms with Crippen molar-refractivity contribution in [1.29, 1.82) is 0 Å². The summed E-state index contributed by atoms with van der Waals surface area (Å²) in [5.74, 6) is 0.588. The van der Waals surface area contributed by atoms with E-state index in [1.54, 1.807) is 0 Å². The second-order valence-electron chi connectivity index (χ2n) is 4.76. The highest BCUT2D eigenvalue weighted by atomic mass is 16.3. The number of hydrogen-bond donors (Lipinski definition) is 1. The maximum Gasteiger partial charge on any atom is 0.0792 e. The zero-order valence-corrected chi connectivity index (χ0v) is 10.7. The normalized spacial score (nSPS) is 14.8. The van der Waals surface area contributed by atoms with E-state index in [1.165, 1.54) is 5.56 Å². The van der Waals surface area contributed by atoms with Gasteiger partial charge in [-0.25, -0.2) is 0 Å². The fraction of sp³-hybridized carbons (Fsp3) is 0.600. The summed E-state index contributed by atoms with van der Waals surface area (Å²) in [7, 11) is 0. The molecule has 0 amide bonds. The molecule has 1 heteroatoms. The van der Waals surface area contributed by atoms with E-state index in [9.17, 15) is 5.11 Å². The Morgan fingerprint density at radius 2 is 2.00 bits per heavy atom. The zero-order chi connectivity index (χ0) is 12.0. The van der Waals surface area contributed by atoms with E-state index < -0.39 is 0 Å². The topological polar surface area (TPSA) is 20.2 Å². The molecule has 0 aliphatic heterocycles. The molecule has 0 heterocycles. The number of benzene rings is 1. The second-order valence-corrected chi connectivity index (χ2v) is 4.76. The Bertz CT molecular complexity index is 306. The molecule has 0 saturated carbocycles. The van der Waals surface area contributed by atoms with E-state index in [4.69, 9.17) is 0 Å². The third-order valence-corrected chi connectivity index (χ3v) is 3.20. The molecule has 2 unspecified atom stereocenters. The first-order valence-corrected chi connectivity index (χ1v) is 6.44. The van der Waals surface area contributed by atoms with Gasteiger partial charge in [0.2, 0.25) is 0 Å². The molecule has 90 valence electrons. The maximum atomic E-state index is 10.1. The van der Waals surface area contributed by atoms with Gasteiger partial charge in [0.1, 0.15) is 0 Å². The first-order valence-electron chi connectivity index (χ1n) is 6.44. The van der Waals surface area contributed by atoms with Crippen LogP contribution < -0.4 is 0 Å². The van der Waals surface area contributed by atoms with Gasteiger partial charge in [-0.15, -0.1) is 0 Å². The molecule has 0 aromatic heterocycles. The third kappa shape index (κ3) is 3.97. The summed E-state index contributed by atoms with van der Waals surface area (Å²) in [6, 6.07) is 8.38. The Balaban J connectivity index is 2.67. The molecule has 16 heavy (non-hydrogen) atoms. The van der Waals surface area contributed by atoms with Crippen molar-refractivity contribution < 1.29 is 5.11 Å². The summed E-state index contributed by atoms with van der Waals surface area (Å²) in [6.45, 7) is 6.55. The Kier molecular flexibility index (Phi) is 5.54. The zero-order valence-electron chi connectivity index (χ0n) is 10.7. The summed E-state index contributed by atoms with van der Waals surface area (Å²) < 4.78 is 0. The van der Waals surface area contributed by atoms with Gasteiger partial charge in [-0.05, 0) is 29.9 Å².